The first kappa shape index (κ1) is 14.2. The Kier molecular flexibility index (Phi) is 4.71. The van der Waals surface area contributed by atoms with E-state index in [1.165, 1.54) is 12.3 Å². The van der Waals surface area contributed by atoms with Crippen LogP contribution in [0.4, 0.5) is 11.5 Å². The van der Waals surface area contributed by atoms with Crippen molar-refractivity contribution in [2.24, 2.45) is 5.92 Å². The van der Waals surface area contributed by atoms with Crippen LogP contribution in [-0.4, -0.2) is 27.7 Å². The second-order valence-corrected chi connectivity index (χ2v) is 5.69. The van der Waals surface area contributed by atoms with E-state index in [-0.39, 0.29) is 11.8 Å². The highest BCUT2D eigenvalue weighted by Crippen LogP contribution is 2.27. The van der Waals surface area contributed by atoms with Crippen LogP contribution in [0.25, 0.3) is 0 Å². The molecule has 0 atom stereocenters. The first-order chi connectivity index (χ1) is 9.06. The second kappa shape index (κ2) is 6.29. The van der Waals surface area contributed by atoms with Gasteiger partial charge in [-0.2, -0.15) is 0 Å². The van der Waals surface area contributed by atoms with Gasteiger partial charge in [0.15, 0.2) is 0 Å². The van der Waals surface area contributed by atoms with Crippen molar-refractivity contribution >= 4 is 27.4 Å². The van der Waals surface area contributed by atoms with E-state index in [0.29, 0.717) is 16.2 Å². The molecule has 19 heavy (non-hydrogen) atoms. The Morgan fingerprint density at radius 3 is 2.74 bits per heavy atom. The highest BCUT2D eigenvalue weighted by Gasteiger charge is 2.19. The van der Waals surface area contributed by atoms with Crippen LogP contribution >= 0.6 is 15.9 Å². The summed E-state index contributed by atoms with van der Waals surface area (Å²) in [5.41, 5.74) is -0.0294. The molecular weight excluding hydrogens is 314 g/mol. The number of nitrogens with zero attached hydrogens (tertiary/aromatic N) is 2. The maximum Gasteiger partial charge on any atom is 0.288 e. The molecule has 2 N–H and O–H groups in total. The van der Waals surface area contributed by atoms with Gasteiger partial charge in [0.05, 0.1) is 15.5 Å². The monoisotopic (exact) mass is 329 g/mol. The lowest BCUT2D eigenvalue weighted by Crippen LogP contribution is -2.23. The first-order valence-corrected chi connectivity index (χ1v) is 7.07. The molecule has 0 radical (unpaired) electrons. The molecule has 0 aliphatic heterocycles. The molecule has 1 aromatic rings. The molecule has 1 fully saturated rings. The summed E-state index contributed by atoms with van der Waals surface area (Å²) in [6.07, 6.45) is 4.79. The second-order valence-electron chi connectivity index (χ2n) is 4.84. The number of nitro groups is 1. The predicted octanol–water partition coefficient (Wildman–Crippen LogP) is 2.72. The normalized spacial score (nSPS) is 23.1. The molecule has 1 saturated carbocycles. The molecule has 6 nitrogen and oxygen atoms in total. The molecule has 7 heteroatoms. The van der Waals surface area contributed by atoms with Crippen LogP contribution < -0.4 is 5.32 Å². The third-order valence-electron chi connectivity index (χ3n) is 3.41. The predicted molar refractivity (Wildman–Crippen MR) is 75.0 cm³/mol. The highest BCUT2D eigenvalue weighted by atomic mass is 79.9. The van der Waals surface area contributed by atoms with Crippen molar-refractivity contribution in [3.63, 3.8) is 0 Å². The van der Waals surface area contributed by atoms with Crippen LogP contribution in [0.15, 0.2) is 16.7 Å². The zero-order valence-corrected chi connectivity index (χ0v) is 12.0. The molecule has 0 bridgehead atoms. The van der Waals surface area contributed by atoms with Gasteiger partial charge in [0, 0.05) is 12.6 Å². The van der Waals surface area contributed by atoms with Gasteiger partial charge >= 0.3 is 0 Å². The molecule has 104 valence electrons. The zero-order valence-electron chi connectivity index (χ0n) is 10.4. The standard InChI is InChI=1S/C12H16BrN3O3/c13-11-5-9(16(18)19)7-15-12(11)14-6-8-1-3-10(17)4-2-8/h5,7-8,10,17H,1-4,6H2,(H,14,15). The van der Waals surface area contributed by atoms with Crippen LogP contribution in [0.5, 0.6) is 0 Å². The molecule has 1 aliphatic rings. The van der Waals surface area contributed by atoms with Crippen molar-refractivity contribution < 1.29 is 10.0 Å². The van der Waals surface area contributed by atoms with Gasteiger partial charge in [-0.05, 0) is 47.5 Å². The number of hydrogen-bond donors (Lipinski definition) is 2. The summed E-state index contributed by atoms with van der Waals surface area (Å²) in [6, 6.07) is 1.44. The van der Waals surface area contributed by atoms with Crippen molar-refractivity contribution in [2.75, 3.05) is 11.9 Å². The number of aromatic nitrogens is 1. The van der Waals surface area contributed by atoms with E-state index in [2.05, 4.69) is 26.2 Å². The minimum Gasteiger partial charge on any atom is -0.393 e. The fourth-order valence-corrected chi connectivity index (χ4v) is 2.72. The number of aliphatic hydroxyl groups excluding tert-OH is 1. The van der Waals surface area contributed by atoms with Gasteiger partial charge in [-0.1, -0.05) is 0 Å². The lowest BCUT2D eigenvalue weighted by atomic mass is 9.87. The van der Waals surface area contributed by atoms with Gasteiger partial charge in [0.1, 0.15) is 12.0 Å². The average Bonchev–Trinajstić information content (AvgIpc) is 2.39. The molecule has 1 heterocycles. The fourth-order valence-electron chi connectivity index (χ4n) is 2.25. The molecule has 0 saturated heterocycles. The number of aliphatic hydroxyl groups is 1. The minimum absolute atomic E-state index is 0.0294. The van der Waals surface area contributed by atoms with Gasteiger partial charge in [-0.25, -0.2) is 4.98 Å². The molecule has 1 aliphatic carbocycles. The summed E-state index contributed by atoms with van der Waals surface area (Å²) < 4.78 is 0.595. The van der Waals surface area contributed by atoms with Crippen molar-refractivity contribution in [3.8, 4) is 0 Å². The Morgan fingerprint density at radius 2 is 2.16 bits per heavy atom. The molecular formula is C12H16BrN3O3. The van der Waals surface area contributed by atoms with E-state index in [0.717, 1.165) is 32.2 Å². The van der Waals surface area contributed by atoms with Crippen LogP contribution in [0, 0.1) is 16.0 Å². The van der Waals surface area contributed by atoms with Crippen molar-refractivity contribution in [1.29, 1.82) is 0 Å². The Morgan fingerprint density at radius 1 is 1.47 bits per heavy atom. The highest BCUT2D eigenvalue weighted by molar-refractivity contribution is 9.10. The lowest BCUT2D eigenvalue weighted by molar-refractivity contribution is -0.385. The van der Waals surface area contributed by atoms with Crippen molar-refractivity contribution in [3.05, 3.63) is 26.9 Å². The lowest BCUT2D eigenvalue weighted by Gasteiger charge is -2.25. The van der Waals surface area contributed by atoms with E-state index < -0.39 is 4.92 Å². The zero-order chi connectivity index (χ0) is 13.8. The smallest absolute Gasteiger partial charge is 0.288 e. The SMILES string of the molecule is O=[N+]([O-])c1cnc(NCC2CCC(O)CC2)c(Br)c1. The quantitative estimate of drug-likeness (QED) is 0.655. The summed E-state index contributed by atoms with van der Waals surface area (Å²) in [5.74, 6) is 1.14. The minimum atomic E-state index is -0.468. The van der Waals surface area contributed by atoms with E-state index >= 15 is 0 Å². The topological polar surface area (TPSA) is 88.3 Å². The molecule has 0 amide bonds. The Hall–Kier alpha value is -1.21. The van der Waals surface area contributed by atoms with E-state index in [1.54, 1.807) is 0 Å². The molecule has 2 rings (SSSR count). The number of anilines is 1. The van der Waals surface area contributed by atoms with Gasteiger partial charge in [-0.3, -0.25) is 10.1 Å². The number of nitrogens with one attached hydrogen (secondary N) is 1. The Bertz CT molecular complexity index is 462. The van der Waals surface area contributed by atoms with E-state index in [1.807, 2.05) is 0 Å². The summed E-state index contributed by atoms with van der Waals surface area (Å²) in [7, 11) is 0. The van der Waals surface area contributed by atoms with Gasteiger partial charge in [0.2, 0.25) is 0 Å². The van der Waals surface area contributed by atoms with Gasteiger partial charge < -0.3 is 10.4 Å². The fraction of sp³-hybridized carbons (Fsp3) is 0.583. The largest absolute Gasteiger partial charge is 0.393 e. The Labute approximate surface area is 119 Å². The van der Waals surface area contributed by atoms with Crippen molar-refractivity contribution in [2.45, 2.75) is 31.8 Å². The Balaban J connectivity index is 1.91. The van der Waals surface area contributed by atoms with Gasteiger partial charge in [0.25, 0.3) is 5.69 Å². The van der Waals surface area contributed by atoms with E-state index in [9.17, 15) is 15.2 Å². The van der Waals surface area contributed by atoms with Crippen LogP contribution in [-0.2, 0) is 0 Å². The average molecular weight is 330 g/mol. The number of rotatable bonds is 4. The third kappa shape index (κ3) is 3.87. The maximum absolute atomic E-state index is 10.6. The van der Waals surface area contributed by atoms with E-state index in [4.69, 9.17) is 0 Å². The summed E-state index contributed by atoms with van der Waals surface area (Å²) in [4.78, 5) is 14.2. The summed E-state index contributed by atoms with van der Waals surface area (Å²) >= 11 is 3.28. The number of hydrogen-bond acceptors (Lipinski definition) is 5. The summed E-state index contributed by atoms with van der Waals surface area (Å²) in [6.45, 7) is 0.774. The van der Waals surface area contributed by atoms with Crippen LogP contribution in [0.3, 0.4) is 0 Å². The molecule has 0 unspecified atom stereocenters. The third-order valence-corrected chi connectivity index (χ3v) is 4.02. The van der Waals surface area contributed by atoms with Gasteiger partial charge in [-0.15, -0.1) is 0 Å². The molecule has 1 aromatic heterocycles. The summed E-state index contributed by atoms with van der Waals surface area (Å²) in [5, 5.41) is 23.2. The number of halogens is 1. The maximum atomic E-state index is 10.6. The number of pyridine rings is 1. The molecule has 0 aromatic carbocycles. The van der Waals surface area contributed by atoms with Crippen molar-refractivity contribution in [1.82, 2.24) is 4.98 Å². The van der Waals surface area contributed by atoms with Crippen LogP contribution in [0.2, 0.25) is 0 Å². The molecule has 0 spiro atoms. The first-order valence-electron chi connectivity index (χ1n) is 6.28. The van der Waals surface area contributed by atoms with Crippen LogP contribution in [0.1, 0.15) is 25.7 Å².